The van der Waals surface area contributed by atoms with Gasteiger partial charge in [-0.05, 0) is 18.1 Å². The van der Waals surface area contributed by atoms with E-state index < -0.39 is 16.8 Å². The van der Waals surface area contributed by atoms with Gasteiger partial charge in [0.05, 0.1) is 17.0 Å². The second-order valence-electron chi connectivity index (χ2n) is 3.99. The number of rotatable bonds is 5. The number of pyridine rings is 1. The highest BCUT2D eigenvalue weighted by Gasteiger charge is 2.07. The van der Waals surface area contributed by atoms with Gasteiger partial charge in [0.2, 0.25) is 0 Å². The number of hydrogen-bond donors (Lipinski definition) is 1. The first kappa shape index (κ1) is 12.8. The molecule has 0 aromatic carbocycles. The molecule has 0 aliphatic heterocycles. The fourth-order valence-corrected chi connectivity index (χ4v) is 2.59. The highest BCUT2D eigenvalue weighted by atomic mass is 32.2. The van der Waals surface area contributed by atoms with Crippen molar-refractivity contribution in [2.45, 2.75) is 19.6 Å². The van der Waals surface area contributed by atoms with Crippen LogP contribution in [-0.4, -0.2) is 26.0 Å². The highest BCUT2D eigenvalue weighted by Crippen LogP contribution is 2.05. The summed E-state index contributed by atoms with van der Waals surface area (Å²) in [6.07, 6.45) is 1.30. The quantitative estimate of drug-likeness (QED) is 0.851. The maximum absolute atomic E-state index is 11.6. The second-order valence-corrected chi connectivity index (χ2v) is 5.49. The van der Waals surface area contributed by atoms with Gasteiger partial charge >= 0.3 is 5.97 Å². The van der Waals surface area contributed by atoms with E-state index in [9.17, 15) is 9.00 Å². The molecule has 5 heteroatoms. The van der Waals surface area contributed by atoms with Crippen molar-refractivity contribution in [3.8, 4) is 0 Å². The molecule has 0 aliphatic carbocycles. The fourth-order valence-electron chi connectivity index (χ4n) is 1.23. The lowest BCUT2D eigenvalue weighted by molar-refractivity contribution is 0.0696. The predicted octanol–water partition coefficient (Wildman–Crippen LogP) is 1.68. The van der Waals surface area contributed by atoms with Gasteiger partial charge in [0, 0.05) is 22.7 Å². The van der Waals surface area contributed by atoms with Gasteiger partial charge in [-0.1, -0.05) is 13.8 Å². The lowest BCUT2D eigenvalue weighted by atomic mass is 10.2. The van der Waals surface area contributed by atoms with E-state index in [0.717, 1.165) is 0 Å². The number of nitrogens with zero attached hydrogens (tertiary/aromatic N) is 1. The van der Waals surface area contributed by atoms with E-state index in [-0.39, 0.29) is 5.56 Å². The molecule has 0 aliphatic rings. The number of aromatic carboxylic acids is 1. The van der Waals surface area contributed by atoms with Gasteiger partial charge < -0.3 is 5.11 Å². The third-order valence-electron chi connectivity index (χ3n) is 1.90. The van der Waals surface area contributed by atoms with Crippen molar-refractivity contribution in [2.24, 2.45) is 5.92 Å². The normalized spacial score (nSPS) is 12.7. The molecule has 1 heterocycles. The first-order valence-corrected chi connectivity index (χ1v) is 6.51. The Hall–Kier alpha value is -1.23. The van der Waals surface area contributed by atoms with Crippen molar-refractivity contribution < 1.29 is 14.1 Å². The standard InChI is InChI=1S/C11H15NO3S/c1-8(2)6-16(15)7-10-4-3-9(5-12-10)11(13)14/h3-5,8H,6-7H2,1-2H3,(H,13,14). The number of carboxylic acids is 1. The van der Waals surface area contributed by atoms with Crippen LogP contribution in [0.4, 0.5) is 0 Å². The summed E-state index contributed by atoms with van der Waals surface area (Å²) in [5.41, 5.74) is 0.822. The summed E-state index contributed by atoms with van der Waals surface area (Å²) in [4.78, 5) is 14.6. The zero-order chi connectivity index (χ0) is 12.1. The molecular weight excluding hydrogens is 226 g/mol. The molecule has 4 nitrogen and oxygen atoms in total. The molecule has 1 rings (SSSR count). The SMILES string of the molecule is CC(C)CS(=O)Cc1ccc(C(=O)O)cn1. The zero-order valence-electron chi connectivity index (χ0n) is 9.34. The van der Waals surface area contributed by atoms with E-state index in [1.807, 2.05) is 13.8 Å². The third kappa shape index (κ3) is 4.10. The Morgan fingerprint density at radius 3 is 2.62 bits per heavy atom. The Balaban J connectivity index is 2.62. The zero-order valence-corrected chi connectivity index (χ0v) is 10.2. The number of carbonyl (C=O) groups is 1. The van der Waals surface area contributed by atoms with Crippen LogP contribution in [-0.2, 0) is 16.6 Å². The first-order valence-electron chi connectivity index (χ1n) is 5.02. The Kier molecular flexibility index (Phi) is 4.61. The van der Waals surface area contributed by atoms with Gasteiger partial charge in [0.15, 0.2) is 0 Å². The van der Waals surface area contributed by atoms with Crippen LogP contribution in [0.1, 0.15) is 29.9 Å². The summed E-state index contributed by atoms with van der Waals surface area (Å²) in [5.74, 6) is 0.418. The molecule has 1 aromatic rings. The predicted molar refractivity (Wildman–Crippen MR) is 62.7 cm³/mol. The maximum Gasteiger partial charge on any atom is 0.337 e. The van der Waals surface area contributed by atoms with E-state index in [0.29, 0.717) is 23.1 Å². The average molecular weight is 241 g/mol. The molecule has 1 unspecified atom stereocenters. The molecule has 0 fully saturated rings. The largest absolute Gasteiger partial charge is 0.478 e. The lowest BCUT2D eigenvalue weighted by Crippen LogP contribution is -2.08. The van der Waals surface area contributed by atoms with E-state index in [4.69, 9.17) is 5.11 Å². The molecule has 1 atom stereocenters. The van der Waals surface area contributed by atoms with Crippen LogP contribution < -0.4 is 0 Å². The molecule has 0 saturated carbocycles. The highest BCUT2D eigenvalue weighted by molar-refractivity contribution is 7.84. The molecule has 0 amide bonds. The molecule has 0 spiro atoms. The van der Waals surface area contributed by atoms with Gasteiger partial charge in [-0.3, -0.25) is 9.19 Å². The Bertz CT molecular complexity index is 387. The molecular formula is C11H15NO3S. The Morgan fingerprint density at radius 1 is 1.50 bits per heavy atom. The van der Waals surface area contributed by atoms with Crippen LogP contribution in [0, 0.1) is 5.92 Å². The smallest absolute Gasteiger partial charge is 0.337 e. The summed E-state index contributed by atoms with van der Waals surface area (Å²) in [7, 11) is -0.928. The Labute approximate surface area is 97.2 Å². The van der Waals surface area contributed by atoms with E-state index in [1.54, 1.807) is 6.07 Å². The van der Waals surface area contributed by atoms with Crippen molar-refractivity contribution >= 4 is 16.8 Å². The fraction of sp³-hybridized carbons (Fsp3) is 0.455. The summed E-state index contributed by atoms with van der Waals surface area (Å²) in [6, 6.07) is 3.10. The van der Waals surface area contributed by atoms with Gasteiger partial charge in [0.25, 0.3) is 0 Å². The molecule has 0 saturated heterocycles. The minimum absolute atomic E-state index is 0.151. The topological polar surface area (TPSA) is 67.3 Å². The van der Waals surface area contributed by atoms with E-state index in [2.05, 4.69) is 4.98 Å². The summed E-state index contributed by atoms with van der Waals surface area (Å²) >= 11 is 0. The van der Waals surface area contributed by atoms with E-state index in [1.165, 1.54) is 12.3 Å². The first-order chi connectivity index (χ1) is 7.49. The number of aromatic nitrogens is 1. The van der Waals surface area contributed by atoms with Gasteiger partial charge in [0.1, 0.15) is 0 Å². The number of hydrogen-bond acceptors (Lipinski definition) is 3. The van der Waals surface area contributed by atoms with Crippen LogP contribution in [0.25, 0.3) is 0 Å². The Morgan fingerprint density at radius 2 is 2.19 bits per heavy atom. The van der Waals surface area contributed by atoms with Gasteiger partial charge in [-0.25, -0.2) is 4.79 Å². The van der Waals surface area contributed by atoms with Gasteiger partial charge in [-0.2, -0.15) is 0 Å². The lowest BCUT2D eigenvalue weighted by Gasteiger charge is -2.04. The molecule has 88 valence electrons. The summed E-state index contributed by atoms with van der Waals surface area (Å²) in [6.45, 7) is 4.03. The molecule has 0 bridgehead atoms. The minimum atomic E-state index is -0.998. The van der Waals surface area contributed by atoms with Crippen molar-refractivity contribution in [1.82, 2.24) is 4.98 Å². The minimum Gasteiger partial charge on any atom is -0.478 e. The van der Waals surface area contributed by atoms with Crippen molar-refractivity contribution in [3.63, 3.8) is 0 Å². The van der Waals surface area contributed by atoms with Crippen molar-refractivity contribution in [1.29, 1.82) is 0 Å². The molecule has 0 radical (unpaired) electrons. The second kappa shape index (κ2) is 5.75. The summed E-state index contributed by atoms with van der Waals surface area (Å²) in [5, 5.41) is 8.68. The monoisotopic (exact) mass is 241 g/mol. The van der Waals surface area contributed by atoms with E-state index >= 15 is 0 Å². The maximum atomic E-state index is 11.6. The molecule has 16 heavy (non-hydrogen) atoms. The molecule has 1 aromatic heterocycles. The number of carboxylic acid groups (broad SMARTS) is 1. The molecule has 1 N–H and O–H groups in total. The van der Waals surface area contributed by atoms with Crippen LogP contribution >= 0.6 is 0 Å². The van der Waals surface area contributed by atoms with Crippen LogP contribution in [0.5, 0.6) is 0 Å². The van der Waals surface area contributed by atoms with Crippen molar-refractivity contribution in [2.75, 3.05) is 5.75 Å². The van der Waals surface area contributed by atoms with Crippen LogP contribution in [0.2, 0.25) is 0 Å². The summed E-state index contributed by atoms with van der Waals surface area (Å²) < 4.78 is 11.6. The average Bonchev–Trinajstić information content (AvgIpc) is 2.16. The third-order valence-corrected chi connectivity index (χ3v) is 3.56. The van der Waals surface area contributed by atoms with Crippen LogP contribution in [0.3, 0.4) is 0 Å². The van der Waals surface area contributed by atoms with Gasteiger partial charge in [-0.15, -0.1) is 0 Å². The van der Waals surface area contributed by atoms with Crippen LogP contribution in [0.15, 0.2) is 18.3 Å². The van der Waals surface area contributed by atoms with Crippen molar-refractivity contribution in [3.05, 3.63) is 29.6 Å².